The Kier molecular flexibility index (Phi) is 3.55. The third-order valence-electron chi connectivity index (χ3n) is 2.74. The molecule has 0 aliphatic carbocycles. The molecular formula is C10H15F2N5O. The van der Waals surface area contributed by atoms with Crippen molar-refractivity contribution in [3.8, 4) is 0 Å². The van der Waals surface area contributed by atoms with E-state index in [2.05, 4.69) is 20.7 Å². The van der Waals surface area contributed by atoms with Crippen LogP contribution in [0.25, 0.3) is 0 Å². The van der Waals surface area contributed by atoms with Crippen molar-refractivity contribution in [3.05, 3.63) is 12.7 Å². The number of hydrogen-bond donors (Lipinski definition) is 2. The molecule has 1 aromatic heterocycles. The van der Waals surface area contributed by atoms with Crippen LogP contribution in [0.15, 0.2) is 12.7 Å². The molecule has 1 saturated heterocycles. The fraction of sp³-hybridized carbons (Fsp3) is 0.700. The second-order valence-electron chi connectivity index (χ2n) is 4.52. The Bertz CT molecular complexity index is 408. The van der Waals surface area contributed by atoms with E-state index in [9.17, 15) is 13.6 Å². The van der Waals surface area contributed by atoms with Gasteiger partial charge in [-0.05, 0) is 6.92 Å². The molecule has 1 aliphatic heterocycles. The summed E-state index contributed by atoms with van der Waals surface area (Å²) in [7, 11) is 0. The Hall–Kier alpha value is -1.57. The predicted molar refractivity (Wildman–Crippen MR) is 59.0 cm³/mol. The van der Waals surface area contributed by atoms with E-state index < -0.39 is 30.8 Å². The highest BCUT2D eigenvalue weighted by atomic mass is 19.3. The van der Waals surface area contributed by atoms with Gasteiger partial charge in [0, 0.05) is 12.5 Å². The third kappa shape index (κ3) is 3.22. The van der Waals surface area contributed by atoms with Crippen molar-refractivity contribution in [2.75, 3.05) is 6.54 Å². The van der Waals surface area contributed by atoms with Gasteiger partial charge in [0.1, 0.15) is 12.7 Å². The molecule has 2 N–H and O–H groups in total. The summed E-state index contributed by atoms with van der Waals surface area (Å²) < 4.78 is 27.4. The summed E-state index contributed by atoms with van der Waals surface area (Å²) in [6.45, 7) is 1.80. The number of nitrogens with one attached hydrogen (secondary N) is 2. The van der Waals surface area contributed by atoms with E-state index in [0.29, 0.717) is 6.54 Å². The van der Waals surface area contributed by atoms with Gasteiger partial charge in [-0.1, -0.05) is 0 Å². The molecule has 0 radical (unpaired) electrons. The minimum absolute atomic E-state index is 0.199. The molecule has 1 aromatic rings. The van der Waals surface area contributed by atoms with Gasteiger partial charge in [-0.15, -0.1) is 0 Å². The highest BCUT2D eigenvalue weighted by molar-refractivity contribution is 5.82. The molecule has 2 rings (SSSR count). The quantitative estimate of drug-likeness (QED) is 0.784. The van der Waals surface area contributed by atoms with Crippen LogP contribution in [0.5, 0.6) is 0 Å². The van der Waals surface area contributed by atoms with E-state index in [-0.39, 0.29) is 6.04 Å². The van der Waals surface area contributed by atoms with Gasteiger partial charge in [0.25, 0.3) is 5.92 Å². The van der Waals surface area contributed by atoms with Crippen LogP contribution in [0.2, 0.25) is 0 Å². The van der Waals surface area contributed by atoms with Crippen molar-refractivity contribution >= 4 is 5.91 Å². The number of carbonyl (C=O) groups excluding carboxylic acids is 1. The maximum Gasteiger partial charge on any atom is 0.262 e. The molecule has 6 nitrogen and oxygen atoms in total. The van der Waals surface area contributed by atoms with Crippen molar-refractivity contribution < 1.29 is 13.6 Å². The Labute approximate surface area is 103 Å². The molecule has 2 atom stereocenters. The average molecular weight is 259 g/mol. The first-order valence-corrected chi connectivity index (χ1v) is 5.70. The maximum absolute atomic E-state index is 12.9. The topological polar surface area (TPSA) is 71.8 Å². The molecule has 2 unspecified atom stereocenters. The molecule has 0 aromatic carbocycles. The van der Waals surface area contributed by atoms with Crippen LogP contribution in [0.3, 0.4) is 0 Å². The number of nitrogens with zero attached hydrogens (tertiary/aromatic N) is 3. The summed E-state index contributed by atoms with van der Waals surface area (Å²) in [5, 5.41) is 9.09. The van der Waals surface area contributed by atoms with E-state index in [1.165, 1.54) is 12.7 Å². The van der Waals surface area contributed by atoms with E-state index in [4.69, 9.17) is 0 Å². The molecule has 1 aliphatic rings. The number of halogens is 2. The zero-order valence-corrected chi connectivity index (χ0v) is 9.94. The molecule has 0 spiro atoms. The number of carbonyl (C=O) groups is 1. The molecule has 100 valence electrons. The maximum atomic E-state index is 12.9. The summed E-state index contributed by atoms with van der Waals surface area (Å²) in [4.78, 5) is 15.5. The normalized spacial score (nSPS) is 23.8. The zero-order chi connectivity index (χ0) is 13.2. The molecule has 18 heavy (non-hydrogen) atoms. The average Bonchev–Trinajstić information content (AvgIpc) is 2.87. The summed E-state index contributed by atoms with van der Waals surface area (Å²) in [6, 6.07) is -1.02. The molecular weight excluding hydrogens is 244 g/mol. The van der Waals surface area contributed by atoms with Crippen LogP contribution in [-0.2, 0) is 11.3 Å². The van der Waals surface area contributed by atoms with Crippen LogP contribution in [-0.4, -0.2) is 45.2 Å². The largest absolute Gasteiger partial charge is 0.350 e. The lowest BCUT2D eigenvalue weighted by Crippen LogP contribution is -2.45. The van der Waals surface area contributed by atoms with E-state index in [1.807, 2.05) is 0 Å². The highest BCUT2D eigenvalue weighted by Crippen LogP contribution is 2.25. The van der Waals surface area contributed by atoms with Crippen molar-refractivity contribution in [2.24, 2.45) is 0 Å². The standard InChI is InChI=1S/C10H15F2N5O/c1-7(3-17-6-13-5-15-17)16-9(18)8-2-10(11,12)4-14-8/h5-8,14H,2-4H2,1H3,(H,16,18). The van der Waals surface area contributed by atoms with Crippen molar-refractivity contribution in [1.82, 2.24) is 25.4 Å². The molecule has 1 amide bonds. The lowest BCUT2D eigenvalue weighted by Gasteiger charge is -2.16. The van der Waals surface area contributed by atoms with Gasteiger partial charge < -0.3 is 5.32 Å². The number of amides is 1. The van der Waals surface area contributed by atoms with Gasteiger partial charge in [0.05, 0.1) is 19.1 Å². The highest BCUT2D eigenvalue weighted by Gasteiger charge is 2.42. The minimum atomic E-state index is -2.79. The lowest BCUT2D eigenvalue weighted by molar-refractivity contribution is -0.124. The second-order valence-corrected chi connectivity index (χ2v) is 4.52. The smallest absolute Gasteiger partial charge is 0.262 e. The first-order valence-electron chi connectivity index (χ1n) is 5.70. The fourth-order valence-corrected chi connectivity index (χ4v) is 1.90. The number of aromatic nitrogens is 3. The molecule has 2 heterocycles. The van der Waals surface area contributed by atoms with Gasteiger partial charge >= 0.3 is 0 Å². The number of alkyl halides is 2. The first kappa shape index (κ1) is 12.9. The third-order valence-corrected chi connectivity index (χ3v) is 2.74. The van der Waals surface area contributed by atoms with Gasteiger partial charge in [-0.3, -0.25) is 14.8 Å². The number of rotatable bonds is 4. The van der Waals surface area contributed by atoms with Gasteiger partial charge in [-0.25, -0.2) is 13.8 Å². The van der Waals surface area contributed by atoms with E-state index in [0.717, 1.165) is 0 Å². The lowest BCUT2D eigenvalue weighted by atomic mass is 10.1. The SMILES string of the molecule is CC(Cn1cncn1)NC(=O)C1CC(F)(F)CN1. The van der Waals surface area contributed by atoms with Crippen LogP contribution < -0.4 is 10.6 Å². The summed E-state index contributed by atoms with van der Waals surface area (Å²) in [6.07, 6.45) is 2.48. The molecule has 0 saturated carbocycles. The monoisotopic (exact) mass is 259 g/mol. The summed E-state index contributed by atoms with van der Waals surface area (Å²) in [5.74, 6) is -3.20. The molecule has 1 fully saturated rings. The Balaban J connectivity index is 1.81. The van der Waals surface area contributed by atoms with Crippen LogP contribution >= 0.6 is 0 Å². The molecule has 0 bridgehead atoms. The van der Waals surface area contributed by atoms with Gasteiger partial charge in [0.15, 0.2) is 0 Å². The number of hydrogen-bond acceptors (Lipinski definition) is 4. The second kappa shape index (κ2) is 4.97. The first-order chi connectivity index (χ1) is 8.46. The van der Waals surface area contributed by atoms with Crippen LogP contribution in [0.4, 0.5) is 8.78 Å². The Morgan fingerprint density at radius 3 is 3.06 bits per heavy atom. The van der Waals surface area contributed by atoms with Gasteiger partial charge in [0.2, 0.25) is 5.91 Å². The fourth-order valence-electron chi connectivity index (χ4n) is 1.90. The minimum Gasteiger partial charge on any atom is -0.350 e. The van der Waals surface area contributed by atoms with E-state index >= 15 is 0 Å². The summed E-state index contributed by atoms with van der Waals surface area (Å²) in [5.41, 5.74) is 0. The van der Waals surface area contributed by atoms with Crippen LogP contribution in [0.1, 0.15) is 13.3 Å². The van der Waals surface area contributed by atoms with Crippen molar-refractivity contribution in [2.45, 2.75) is 37.9 Å². The van der Waals surface area contributed by atoms with Crippen LogP contribution in [0, 0.1) is 0 Å². The molecule has 8 heteroatoms. The van der Waals surface area contributed by atoms with Gasteiger partial charge in [-0.2, -0.15) is 5.10 Å². The predicted octanol–water partition coefficient (Wildman–Crippen LogP) is -0.220. The van der Waals surface area contributed by atoms with Crippen molar-refractivity contribution in [1.29, 1.82) is 0 Å². The Morgan fingerprint density at radius 1 is 1.72 bits per heavy atom. The van der Waals surface area contributed by atoms with E-state index in [1.54, 1.807) is 11.6 Å². The zero-order valence-electron chi connectivity index (χ0n) is 9.94. The van der Waals surface area contributed by atoms with Crippen molar-refractivity contribution in [3.63, 3.8) is 0 Å². The Morgan fingerprint density at radius 2 is 2.50 bits per heavy atom. The summed E-state index contributed by atoms with van der Waals surface area (Å²) >= 11 is 0.